The summed E-state index contributed by atoms with van der Waals surface area (Å²) in [6.45, 7) is 2.00. The van der Waals surface area contributed by atoms with Gasteiger partial charge in [0.1, 0.15) is 10.6 Å². The van der Waals surface area contributed by atoms with Crippen molar-refractivity contribution in [1.29, 1.82) is 0 Å². The van der Waals surface area contributed by atoms with Gasteiger partial charge in [-0.2, -0.15) is 0 Å². The monoisotopic (exact) mass is 556 g/mol. The molecular formula is C29H21BrN2O3S. The second kappa shape index (κ2) is 10.4. The number of ether oxygens (including phenoxy) is 1. The van der Waals surface area contributed by atoms with Crippen LogP contribution in [-0.4, -0.2) is 23.5 Å². The number of nitrogens with one attached hydrogen (secondary N) is 1. The van der Waals surface area contributed by atoms with Crippen LogP contribution >= 0.6 is 27.3 Å². The Bertz CT molecular complexity index is 1560. The molecule has 0 radical (unpaired) electrons. The third-order valence-corrected chi connectivity index (χ3v) is 7.11. The highest BCUT2D eigenvalue weighted by atomic mass is 79.9. The van der Waals surface area contributed by atoms with Crippen LogP contribution in [0.1, 0.15) is 27.6 Å². The molecule has 0 atom stereocenters. The third-order valence-electron chi connectivity index (χ3n) is 5.68. The molecule has 5 rings (SSSR count). The molecule has 0 saturated heterocycles. The summed E-state index contributed by atoms with van der Waals surface area (Å²) in [5.41, 5.74) is 4.73. The van der Waals surface area contributed by atoms with Crippen LogP contribution in [0.4, 0.5) is 5.00 Å². The van der Waals surface area contributed by atoms with Gasteiger partial charge in [0.15, 0.2) is 0 Å². The van der Waals surface area contributed by atoms with Crippen LogP contribution in [0.3, 0.4) is 0 Å². The number of anilines is 1. The van der Waals surface area contributed by atoms with Crippen molar-refractivity contribution in [3.8, 4) is 22.4 Å². The average molecular weight is 557 g/mol. The number of hydrogen-bond acceptors (Lipinski definition) is 5. The van der Waals surface area contributed by atoms with Gasteiger partial charge in [0.2, 0.25) is 0 Å². The quantitative estimate of drug-likeness (QED) is 0.216. The van der Waals surface area contributed by atoms with Crippen LogP contribution in [-0.2, 0) is 4.74 Å². The highest BCUT2D eigenvalue weighted by Crippen LogP contribution is 2.37. The lowest BCUT2D eigenvalue weighted by Crippen LogP contribution is -2.15. The molecule has 178 valence electrons. The first-order valence-electron chi connectivity index (χ1n) is 11.4. The topological polar surface area (TPSA) is 68.3 Å². The second-order valence-electron chi connectivity index (χ2n) is 7.97. The predicted octanol–water partition coefficient (Wildman–Crippen LogP) is 7.82. The van der Waals surface area contributed by atoms with Crippen LogP contribution < -0.4 is 5.32 Å². The highest BCUT2D eigenvalue weighted by Gasteiger charge is 2.24. The van der Waals surface area contributed by atoms with Crippen molar-refractivity contribution in [2.24, 2.45) is 0 Å². The first-order valence-corrected chi connectivity index (χ1v) is 13.0. The first-order chi connectivity index (χ1) is 17.5. The molecule has 0 aliphatic carbocycles. The molecule has 0 bridgehead atoms. The molecule has 3 aromatic carbocycles. The Labute approximate surface area is 220 Å². The summed E-state index contributed by atoms with van der Waals surface area (Å²) < 4.78 is 6.30. The van der Waals surface area contributed by atoms with Crippen LogP contribution in [0.5, 0.6) is 0 Å². The van der Waals surface area contributed by atoms with Crippen molar-refractivity contribution in [3.63, 3.8) is 0 Å². The zero-order valence-corrected chi connectivity index (χ0v) is 21.7. The van der Waals surface area contributed by atoms with Crippen molar-refractivity contribution in [1.82, 2.24) is 4.98 Å². The van der Waals surface area contributed by atoms with Gasteiger partial charge in [0.05, 0.1) is 23.4 Å². The Balaban J connectivity index is 1.58. The van der Waals surface area contributed by atoms with Crippen LogP contribution in [0, 0.1) is 0 Å². The molecule has 7 heteroatoms. The Morgan fingerprint density at radius 2 is 1.67 bits per heavy atom. The van der Waals surface area contributed by atoms with Gasteiger partial charge < -0.3 is 10.1 Å². The molecule has 0 unspecified atom stereocenters. The molecule has 5 aromatic rings. The van der Waals surface area contributed by atoms with E-state index in [4.69, 9.17) is 9.72 Å². The van der Waals surface area contributed by atoms with Crippen molar-refractivity contribution < 1.29 is 14.3 Å². The van der Waals surface area contributed by atoms with E-state index in [2.05, 4.69) is 21.2 Å². The van der Waals surface area contributed by atoms with Gasteiger partial charge in [-0.1, -0.05) is 76.6 Å². The van der Waals surface area contributed by atoms with Gasteiger partial charge in [0, 0.05) is 26.4 Å². The maximum atomic E-state index is 13.7. The van der Waals surface area contributed by atoms with Gasteiger partial charge in [-0.05, 0) is 36.8 Å². The third kappa shape index (κ3) is 4.80. The van der Waals surface area contributed by atoms with Gasteiger partial charge in [-0.15, -0.1) is 11.3 Å². The van der Waals surface area contributed by atoms with E-state index in [-0.39, 0.29) is 12.5 Å². The summed E-state index contributed by atoms with van der Waals surface area (Å²) in [6.07, 6.45) is 0. The first kappa shape index (κ1) is 23.9. The molecule has 0 fully saturated rings. The van der Waals surface area contributed by atoms with E-state index < -0.39 is 5.97 Å². The number of para-hydroxylation sites is 1. The van der Waals surface area contributed by atoms with Gasteiger partial charge in [-0.3, -0.25) is 4.79 Å². The van der Waals surface area contributed by atoms with Crippen LogP contribution in [0.15, 0.2) is 94.8 Å². The lowest BCUT2D eigenvalue weighted by atomic mass is 10.0. The number of amides is 1. The van der Waals surface area contributed by atoms with E-state index >= 15 is 0 Å². The Kier molecular flexibility index (Phi) is 6.93. The van der Waals surface area contributed by atoms with Crippen molar-refractivity contribution in [2.45, 2.75) is 6.92 Å². The maximum Gasteiger partial charge on any atom is 0.341 e. The number of thiophene rings is 1. The SMILES string of the molecule is CCOC(=O)c1c(-c2ccccc2)csc1NC(=O)c1cc(-c2ccc(Br)cc2)nc2ccccc12. The molecule has 2 heterocycles. The van der Waals surface area contributed by atoms with E-state index in [1.807, 2.05) is 84.2 Å². The number of pyridine rings is 1. The standard InChI is InChI=1S/C29H21BrN2O3S/c1-2-35-29(34)26-23(18-8-4-3-5-9-18)17-36-28(26)32-27(33)22-16-25(19-12-14-20(30)15-13-19)31-24-11-7-6-10-21(22)24/h3-17H,2H2,1H3,(H,32,33). The number of hydrogen-bond donors (Lipinski definition) is 1. The van der Waals surface area contributed by atoms with E-state index in [9.17, 15) is 9.59 Å². The normalized spacial score (nSPS) is 10.8. The number of aromatic nitrogens is 1. The number of halogens is 1. The molecular weight excluding hydrogens is 536 g/mol. The fraction of sp³-hybridized carbons (Fsp3) is 0.0690. The maximum absolute atomic E-state index is 13.7. The zero-order valence-electron chi connectivity index (χ0n) is 19.3. The lowest BCUT2D eigenvalue weighted by molar-refractivity contribution is 0.0529. The largest absolute Gasteiger partial charge is 0.462 e. The van der Waals surface area contributed by atoms with Gasteiger partial charge >= 0.3 is 5.97 Å². The predicted molar refractivity (Wildman–Crippen MR) is 149 cm³/mol. The van der Waals surface area contributed by atoms with Gasteiger partial charge in [-0.25, -0.2) is 9.78 Å². The Hall–Kier alpha value is -3.81. The lowest BCUT2D eigenvalue weighted by Gasteiger charge is -2.12. The second-order valence-corrected chi connectivity index (χ2v) is 9.77. The molecule has 2 aromatic heterocycles. The van der Waals surface area contributed by atoms with E-state index in [1.165, 1.54) is 11.3 Å². The number of esters is 1. The van der Waals surface area contributed by atoms with Crippen molar-refractivity contribution in [3.05, 3.63) is 106 Å². The minimum Gasteiger partial charge on any atom is -0.462 e. The summed E-state index contributed by atoms with van der Waals surface area (Å²) in [6, 6.07) is 26.7. The molecule has 0 aliphatic heterocycles. The van der Waals surface area contributed by atoms with Crippen LogP contribution in [0.2, 0.25) is 0 Å². The Morgan fingerprint density at radius 3 is 2.42 bits per heavy atom. The summed E-state index contributed by atoms with van der Waals surface area (Å²) in [7, 11) is 0. The number of carbonyl (C=O) groups excluding carboxylic acids is 2. The number of carbonyl (C=O) groups is 2. The van der Waals surface area contributed by atoms with Gasteiger partial charge in [0.25, 0.3) is 5.91 Å². The minimum absolute atomic E-state index is 0.238. The minimum atomic E-state index is -0.469. The van der Waals surface area contributed by atoms with E-state index in [0.717, 1.165) is 26.5 Å². The smallest absolute Gasteiger partial charge is 0.341 e. The fourth-order valence-corrected chi connectivity index (χ4v) is 5.20. The fourth-order valence-electron chi connectivity index (χ4n) is 3.99. The van der Waals surface area contributed by atoms with Crippen LogP contribution in [0.25, 0.3) is 33.3 Å². The summed E-state index contributed by atoms with van der Waals surface area (Å²) in [4.78, 5) is 31.4. The molecule has 5 nitrogen and oxygen atoms in total. The van der Waals surface area contributed by atoms with E-state index in [1.54, 1.807) is 13.0 Å². The highest BCUT2D eigenvalue weighted by molar-refractivity contribution is 9.10. The molecule has 1 amide bonds. The average Bonchev–Trinajstić information content (AvgIpc) is 3.32. The Morgan fingerprint density at radius 1 is 0.944 bits per heavy atom. The molecule has 1 N–H and O–H groups in total. The number of rotatable bonds is 6. The van der Waals surface area contributed by atoms with Crippen molar-refractivity contribution in [2.75, 3.05) is 11.9 Å². The van der Waals surface area contributed by atoms with Crippen molar-refractivity contribution >= 4 is 55.0 Å². The van der Waals surface area contributed by atoms with E-state index in [0.29, 0.717) is 27.3 Å². The summed E-state index contributed by atoms with van der Waals surface area (Å²) in [5.74, 6) is -0.790. The number of benzene rings is 3. The number of nitrogens with zero attached hydrogens (tertiary/aromatic N) is 1. The molecule has 0 saturated carbocycles. The zero-order chi connectivity index (χ0) is 25.1. The molecule has 0 aliphatic rings. The number of fused-ring (bicyclic) bond motifs is 1. The summed E-state index contributed by atoms with van der Waals surface area (Å²) in [5, 5.41) is 6.03. The summed E-state index contributed by atoms with van der Waals surface area (Å²) >= 11 is 4.76. The molecule has 0 spiro atoms. The molecule has 36 heavy (non-hydrogen) atoms.